The lowest BCUT2D eigenvalue weighted by Gasteiger charge is -2.01. The van der Waals surface area contributed by atoms with E-state index in [-0.39, 0.29) is 4.92 Å². The predicted molar refractivity (Wildman–Crippen MR) is 81.8 cm³/mol. The highest BCUT2D eigenvalue weighted by atomic mass is 16.6. The van der Waals surface area contributed by atoms with Crippen molar-refractivity contribution in [3.05, 3.63) is 21.9 Å². The van der Waals surface area contributed by atoms with E-state index in [1.54, 1.807) is 6.08 Å². The molecule has 0 rings (SSSR count). The van der Waals surface area contributed by atoms with Gasteiger partial charge in [-0.2, -0.15) is 0 Å². The van der Waals surface area contributed by atoms with Crippen molar-refractivity contribution < 1.29 is 9.72 Å². The predicted octanol–water partition coefficient (Wildman–Crippen LogP) is 4.96. The molecule has 0 N–H and O–H groups in total. The number of allylic oxidation sites excluding steroid dienone is 2. The Morgan fingerprint density at radius 1 is 1.05 bits per heavy atom. The fraction of sp³-hybridized carbons (Fsp3) is 0.812. The zero-order valence-corrected chi connectivity index (χ0v) is 12.7. The standard InChI is InChI=1S/C16H28NO3/c1-2-3-4-7-10-13-16(17(19)20)14-11-8-5-6-9-12-15-18/h13H,2-12,14H2,1H3/b16-13-. The highest BCUT2D eigenvalue weighted by Gasteiger charge is 2.09. The second-order valence-corrected chi connectivity index (χ2v) is 5.21. The number of unbranched alkanes of at least 4 members (excludes halogenated alkanes) is 9. The molecule has 115 valence electrons. The maximum Gasteiger partial charge on any atom is 0.242 e. The highest BCUT2D eigenvalue weighted by molar-refractivity contribution is 5.50. The average Bonchev–Trinajstić information content (AvgIpc) is 2.43. The van der Waals surface area contributed by atoms with Crippen molar-refractivity contribution >= 4 is 6.29 Å². The molecule has 0 aromatic carbocycles. The van der Waals surface area contributed by atoms with Gasteiger partial charge in [-0.3, -0.25) is 14.9 Å². The summed E-state index contributed by atoms with van der Waals surface area (Å²) in [7, 11) is 0. The van der Waals surface area contributed by atoms with Gasteiger partial charge in [-0.1, -0.05) is 45.4 Å². The number of nitrogens with zero attached hydrogens (tertiary/aromatic N) is 1. The Morgan fingerprint density at radius 3 is 2.35 bits per heavy atom. The zero-order chi connectivity index (χ0) is 15.1. The van der Waals surface area contributed by atoms with Crippen LogP contribution in [0.4, 0.5) is 0 Å². The minimum atomic E-state index is -0.235. The van der Waals surface area contributed by atoms with E-state index >= 15 is 0 Å². The molecule has 0 fully saturated rings. The summed E-state index contributed by atoms with van der Waals surface area (Å²) in [4.78, 5) is 20.7. The van der Waals surface area contributed by atoms with Crippen molar-refractivity contribution in [1.82, 2.24) is 0 Å². The van der Waals surface area contributed by atoms with Gasteiger partial charge in [0.05, 0.1) is 4.92 Å². The molecule has 4 heteroatoms. The second-order valence-electron chi connectivity index (χ2n) is 5.21. The fourth-order valence-corrected chi connectivity index (χ4v) is 2.14. The summed E-state index contributed by atoms with van der Waals surface area (Å²) in [5, 5.41) is 10.9. The Morgan fingerprint density at radius 2 is 1.70 bits per heavy atom. The van der Waals surface area contributed by atoms with Crippen molar-refractivity contribution in [1.29, 1.82) is 0 Å². The van der Waals surface area contributed by atoms with Crippen LogP contribution in [0.5, 0.6) is 0 Å². The van der Waals surface area contributed by atoms with Gasteiger partial charge in [0.15, 0.2) is 6.29 Å². The lowest BCUT2D eigenvalue weighted by molar-refractivity contribution is -0.428. The first-order valence-electron chi connectivity index (χ1n) is 7.90. The van der Waals surface area contributed by atoms with E-state index in [0.29, 0.717) is 18.5 Å². The molecule has 1 radical (unpaired) electrons. The molecule has 0 unspecified atom stereocenters. The molecule has 0 atom stereocenters. The molecule has 20 heavy (non-hydrogen) atoms. The van der Waals surface area contributed by atoms with Crippen LogP contribution >= 0.6 is 0 Å². The summed E-state index contributed by atoms with van der Waals surface area (Å²) in [6, 6.07) is 0. The highest BCUT2D eigenvalue weighted by Crippen LogP contribution is 2.14. The first-order chi connectivity index (χ1) is 9.72. The van der Waals surface area contributed by atoms with Gasteiger partial charge in [0.25, 0.3) is 0 Å². The van der Waals surface area contributed by atoms with Crippen molar-refractivity contribution in [3.63, 3.8) is 0 Å². The average molecular weight is 282 g/mol. The van der Waals surface area contributed by atoms with Crippen LogP contribution in [-0.4, -0.2) is 11.2 Å². The van der Waals surface area contributed by atoms with E-state index in [4.69, 9.17) is 0 Å². The molecule has 0 aromatic heterocycles. The van der Waals surface area contributed by atoms with E-state index in [0.717, 1.165) is 51.4 Å². The molecule has 0 aliphatic carbocycles. The maximum atomic E-state index is 10.9. The normalized spacial score (nSPS) is 11.6. The fourth-order valence-electron chi connectivity index (χ4n) is 2.14. The number of rotatable bonds is 14. The van der Waals surface area contributed by atoms with Crippen LogP contribution < -0.4 is 0 Å². The van der Waals surface area contributed by atoms with Gasteiger partial charge in [0.1, 0.15) is 0 Å². The van der Waals surface area contributed by atoms with Crippen LogP contribution in [-0.2, 0) is 4.79 Å². The van der Waals surface area contributed by atoms with Gasteiger partial charge in [-0.15, -0.1) is 0 Å². The number of hydrogen-bond donors (Lipinski definition) is 0. The summed E-state index contributed by atoms with van der Waals surface area (Å²) < 4.78 is 0. The van der Waals surface area contributed by atoms with Crippen LogP contribution in [0.15, 0.2) is 11.8 Å². The lowest BCUT2D eigenvalue weighted by atomic mass is 10.1. The van der Waals surface area contributed by atoms with Gasteiger partial charge < -0.3 is 0 Å². The third-order valence-electron chi connectivity index (χ3n) is 3.38. The molecule has 0 aliphatic rings. The van der Waals surface area contributed by atoms with E-state index < -0.39 is 0 Å². The Labute approximate surface area is 122 Å². The molecular formula is C16H28NO3. The summed E-state index contributed by atoms with van der Waals surface area (Å²) in [5.41, 5.74) is 0.378. The molecule has 0 amide bonds. The second kappa shape index (κ2) is 14.2. The Balaban J connectivity index is 3.71. The molecule has 0 spiro atoms. The van der Waals surface area contributed by atoms with E-state index in [9.17, 15) is 14.9 Å². The minimum absolute atomic E-state index is 0.235. The smallest absolute Gasteiger partial charge is 0.242 e. The van der Waals surface area contributed by atoms with E-state index in [2.05, 4.69) is 6.92 Å². The van der Waals surface area contributed by atoms with Crippen LogP contribution in [0, 0.1) is 10.1 Å². The van der Waals surface area contributed by atoms with E-state index in [1.807, 2.05) is 6.29 Å². The number of nitro groups is 1. The zero-order valence-electron chi connectivity index (χ0n) is 12.7. The first-order valence-corrected chi connectivity index (χ1v) is 7.90. The topological polar surface area (TPSA) is 60.2 Å². The molecular weight excluding hydrogens is 254 g/mol. The first kappa shape index (κ1) is 18.8. The molecule has 4 nitrogen and oxygen atoms in total. The number of hydrogen-bond acceptors (Lipinski definition) is 3. The van der Waals surface area contributed by atoms with E-state index in [1.165, 1.54) is 12.8 Å². The Hall–Kier alpha value is -1.19. The summed E-state index contributed by atoms with van der Waals surface area (Å²) >= 11 is 0. The van der Waals surface area contributed by atoms with Crippen molar-refractivity contribution in [2.24, 2.45) is 0 Å². The monoisotopic (exact) mass is 282 g/mol. The largest absolute Gasteiger partial charge is 0.291 e. The number of carbonyl (C=O) groups excluding carboxylic acids is 1. The molecule has 0 aromatic rings. The van der Waals surface area contributed by atoms with Gasteiger partial charge in [-0.05, 0) is 31.8 Å². The van der Waals surface area contributed by atoms with Gasteiger partial charge in [0.2, 0.25) is 5.70 Å². The summed E-state index contributed by atoms with van der Waals surface area (Å²) in [5.74, 6) is 0. The van der Waals surface area contributed by atoms with Crippen LogP contribution in [0.2, 0.25) is 0 Å². The molecule has 0 aliphatic heterocycles. The molecule has 0 heterocycles. The molecule has 0 saturated carbocycles. The Bertz CT molecular complexity index is 287. The molecule has 0 saturated heterocycles. The minimum Gasteiger partial charge on any atom is -0.291 e. The van der Waals surface area contributed by atoms with Crippen LogP contribution in [0.25, 0.3) is 0 Å². The van der Waals surface area contributed by atoms with Crippen molar-refractivity contribution in [2.45, 2.75) is 84.0 Å². The van der Waals surface area contributed by atoms with Crippen LogP contribution in [0.1, 0.15) is 84.0 Å². The SMILES string of the molecule is CCCCCC/C=C(/CCCCCCC[C]=O)[N+](=O)[O-]. The summed E-state index contributed by atoms with van der Waals surface area (Å²) in [6.07, 6.45) is 15.0. The summed E-state index contributed by atoms with van der Waals surface area (Å²) in [6.45, 7) is 2.16. The lowest BCUT2D eigenvalue weighted by Crippen LogP contribution is -1.99. The van der Waals surface area contributed by atoms with Crippen LogP contribution in [0.3, 0.4) is 0 Å². The Kier molecular flexibility index (Phi) is 13.4. The van der Waals surface area contributed by atoms with Gasteiger partial charge in [0, 0.05) is 12.8 Å². The molecule has 0 bridgehead atoms. The maximum absolute atomic E-state index is 10.9. The van der Waals surface area contributed by atoms with Crippen molar-refractivity contribution in [3.8, 4) is 0 Å². The van der Waals surface area contributed by atoms with Gasteiger partial charge >= 0.3 is 0 Å². The van der Waals surface area contributed by atoms with Crippen molar-refractivity contribution in [2.75, 3.05) is 0 Å². The quantitative estimate of drug-likeness (QED) is 0.257. The third-order valence-corrected chi connectivity index (χ3v) is 3.38. The van der Waals surface area contributed by atoms with Gasteiger partial charge in [-0.25, -0.2) is 0 Å². The third kappa shape index (κ3) is 11.9.